The summed E-state index contributed by atoms with van der Waals surface area (Å²) in [5.41, 5.74) is 1.04. The van der Waals surface area contributed by atoms with Crippen LogP contribution in [0.5, 0.6) is 23.0 Å². The van der Waals surface area contributed by atoms with Gasteiger partial charge < -0.3 is 18.9 Å². The fraction of sp³-hybridized carbons (Fsp3) is 0.310. The Morgan fingerprint density at radius 2 is 1.49 bits per heavy atom. The Bertz CT molecular complexity index is 1260. The Hall–Kier alpha value is -3.88. The van der Waals surface area contributed by atoms with Crippen LogP contribution >= 0.6 is 0 Å². The summed E-state index contributed by atoms with van der Waals surface area (Å²) in [6, 6.07) is 19.3. The number of anilines is 1. The molecule has 2 amide bonds. The number of imide groups is 1. The van der Waals surface area contributed by atoms with Crippen molar-refractivity contribution in [3.05, 3.63) is 77.9 Å². The van der Waals surface area contributed by atoms with Gasteiger partial charge in [0.2, 0.25) is 0 Å². The summed E-state index contributed by atoms with van der Waals surface area (Å²) in [5.74, 6) is 1.35. The molecule has 2 aliphatic rings. The van der Waals surface area contributed by atoms with Crippen molar-refractivity contribution in [3.63, 3.8) is 0 Å². The first-order valence-electron chi connectivity index (χ1n) is 12.5. The number of hydrogen-bond donors (Lipinski definition) is 0. The lowest BCUT2D eigenvalue weighted by Gasteiger charge is -2.19. The van der Waals surface area contributed by atoms with Crippen LogP contribution in [0.15, 0.2) is 66.7 Å². The molecule has 3 aromatic carbocycles. The van der Waals surface area contributed by atoms with E-state index in [0.29, 0.717) is 59.6 Å². The molecule has 0 spiro atoms. The van der Waals surface area contributed by atoms with Crippen LogP contribution in [0.2, 0.25) is 0 Å². The van der Waals surface area contributed by atoms with E-state index in [9.17, 15) is 9.59 Å². The maximum absolute atomic E-state index is 13.3. The number of ether oxygens (including phenoxy) is 4. The largest absolute Gasteiger partial charge is 0.488 e. The summed E-state index contributed by atoms with van der Waals surface area (Å²) in [7, 11) is 1.60. The van der Waals surface area contributed by atoms with Gasteiger partial charge in [-0.3, -0.25) is 14.5 Å². The van der Waals surface area contributed by atoms with E-state index in [1.165, 1.54) is 12.8 Å². The number of para-hydroxylation sites is 1. The number of carbonyl (C=O) groups is 2. The molecular weight excluding hydrogens is 472 g/mol. The molecule has 0 aliphatic carbocycles. The maximum Gasteiger partial charge on any atom is 0.266 e. The van der Waals surface area contributed by atoms with Gasteiger partial charge in [-0.25, -0.2) is 4.90 Å². The summed E-state index contributed by atoms with van der Waals surface area (Å²) in [4.78, 5) is 30.1. The van der Waals surface area contributed by atoms with Gasteiger partial charge in [0.05, 0.1) is 23.4 Å². The van der Waals surface area contributed by atoms with Crippen LogP contribution in [-0.2, 0) is 4.74 Å². The van der Waals surface area contributed by atoms with Crippen molar-refractivity contribution in [2.75, 3.05) is 51.5 Å². The Kier molecular flexibility index (Phi) is 7.67. The van der Waals surface area contributed by atoms with Crippen molar-refractivity contribution in [2.45, 2.75) is 12.8 Å². The van der Waals surface area contributed by atoms with E-state index >= 15 is 0 Å². The zero-order chi connectivity index (χ0) is 25.6. The molecule has 2 aliphatic heterocycles. The van der Waals surface area contributed by atoms with Crippen LogP contribution in [-0.4, -0.2) is 63.3 Å². The van der Waals surface area contributed by atoms with E-state index in [0.717, 1.165) is 24.5 Å². The van der Waals surface area contributed by atoms with Crippen LogP contribution in [0, 0.1) is 0 Å². The topological polar surface area (TPSA) is 77.5 Å². The predicted molar refractivity (Wildman–Crippen MR) is 139 cm³/mol. The van der Waals surface area contributed by atoms with Crippen LogP contribution in [0.1, 0.15) is 33.6 Å². The fourth-order valence-corrected chi connectivity index (χ4v) is 4.54. The Balaban J connectivity index is 1.35. The molecule has 0 bridgehead atoms. The van der Waals surface area contributed by atoms with Crippen molar-refractivity contribution in [2.24, 2.45) is 0 Å². The summed E-state index contributed by atoms with van der Waals surface area (Å²) in [6.07, 6.45) is 2.44. The highest BCUT2D eigenvalue weighted by atomic mass is 16.5. The molecule has 8 nitrogen and oxygen atoms in total. The predicted octanol–water partition coefficient (Wildman–Crippen LogP) is 4.78. The quantitative estimate of drug-likeness (QED) is 0.276. The highest BCUT2D eigenvalue weighted by molar-refractivity contribution is 6.34. The molecule has 0 atom stereocenters. The van der Waals surface area contributed by atoms with E-state index in [4.69, 9.17) is 18.9 Å². The molecule has 2 heterocycles. The second-order valence-electron chi connectivity index (χ2n) is 8.94. The van der Waals surface area contributed by atoms with Crippen molar-refractivity contribution in [3.8, 4) is 23.0 Å². The number of fused-ring (bicyclic) bond motifs is 1. The maximum atomic E-state index is 13.3. The van der Waals surface area contributed by atoms with Crippen molar-refractivity contribution >= 4 is 17.5 Å². The SMILES string of the molecule is COCCOc1cc(N2C(=O)c3ccc(Oc4ccccc4)cc3C2=O)ccc1OCCN1CCCC1. The molecule has 3 aromatic rings. The third kappa shape index (κ3) is 5.60. The van der Waals surface area contributed by atoms with Gasteiger partial charge in [0.25, 0.3) is 11.8 Å². The average Bonchev–Trinajstić information content (AvgIpc) is 3.52. The van der Waals surface area contributed by atoms with Gasteiger partial charge in [0, 0.05) is 19.7 Å². The van der Waals surface area contributed by atoms with Crippen molar-refractivity contribution < 1.29 is 28.5 Å². The molecule has 37 heavy (non-hydrogen) atoms. The number of rotatable bonds is 11. The fourth-order valence-electron chi connectivity index (χ4n) is 4.54. The van der Waals surface area contributed by atoms with Gasteiger partial charge in [-0.05, 0) is 68.4 Å². The standard InChI is InChI=1S/C29H30N2O6/c1-34-17-18-36-27-19-21(9-12-26(27)35-16-15-30-13-5-6-14-30)31-28(32)24-11-10-23(20-25(24)29(31)33)37-22-7-3-2-4-8-22/h2-4,7-12,19-20H,5-6,13-18H2,1H3. The van der Waals surface area contributed by atoms with E-state index in [1.807, 2.05) is 30.3 Å². The second kappa shape index (κ2) is 11.5. The first-order chi connectivity index (χ1) is 18.1. The lowest BCUT2D eigenvalue weighted by molar-refractivity contribution is 0.0926. The molecule has 0 N–H and O–H groups in total. The molecule has 1 fully saturated rings. The first-order valence-corrected chi connectivity index (χ1v) is 12.5. The van der Waals surface area contributed by atoms with E-state index in [1.54, 1.807) is 43.5 Å². The molecule has 5 rings (SSSR count). The van der Waals surface area contributed by atoms with Gasteiger partial charge in [0.15, 0.2) is 11.5 Å². The number of benzene rings is 3. The van der Waals surface area contributed by atoms with Gasteiger partial charge in [-0.2, -0.15) is 0 Å². The smallest absolute Gasteiger partial charge is 0.266 e. The third-order valence-electron chi connectivity index (χ3n) is 6.43. The number of nitrogens with zero attached hydrogens (tertiary/aromatic N) is 2. The molecular formula is C29H30N2O6. The number of likely N-dealkylation sites (tertiary alicyclic amines) is 1. The van der Waals surface area contributed by atoms with Crippen molar-refractivity contribution in [1.29, 1.82) is 0 Å². The monoisotopic (exact) mass is 502 g/mol. The van der Waals surface area contributed by atoms with Crippen LogP contribution < -0.4 is 19.1 Å². The molecule has 0 aromatic heterocycles. The van der Waals surface area contributed by atoms with Gasteiger partial charge in [-0.15, -0.1) is 0 Å². The molecule has 0 radical (unpaired) electrons. The Morgan fingerprint density at radius 1 is 0.730 bits per heavy atom. The Labute approximate surface area is 216 Å². The Morgan fingerprint density at radius 3 is 2.27 bits per heavy atom. The summed E-state index contributed by atoms with van der Waals surface area (Å²) in [6.45, 7) is 4.26. The van der Waals surface area contributed by atoms with E-state index < -0.39 is 11.8 Å². The van der Waals surface area contributed by atoms with Crippen LogP contribution in [0.25, 0.3) is 0 Å². The van der Waals surface area contributed by atoms with E-state index in [2.05, 4.69) is 4.90 Å². The molecule has 0 saturated carbocycles. The van der Waals surface area contributed by atoms with E-state index in [-0.39, 0.29) is 0 Å². The molecule has 192 valence electrons. The highest BCUT2D eigenvalue weighted by Gasteiger charge is 2.37. The number of hydrogen-bond acceptors (Lipinski definition) is 7. The first kappa shape index (κ1) is 24.8. The minimum Gasteiger partial charge on any atom is -0.488 e. The zero-order valence-corrected chi connectivity index (χ0v) is 20.9. The highest BCUT2D eigenvalue weighted by Crippen LogP contribution is 2.37. The minimum absolute atomic E-state index is 0.297. The van der Waals surface area contributed by atoms with Gasteiger partial charge in [-0.1, -0.05) is 18.2 Å². The normalized spacial score (nSPS) is 15.2. The lowest BCUT2D eigenvalue weighted by Crippen LogP contribution is -2.29. The minimum atomic E-state index is -0.413. The number of carbonyl (C=O) groups excluding carboxylic acids is 2. The lowest BCUT2D eigenvalue weighted by atomic mass is 10.1. The average molecular weight is 503 g/mol. The van der Waals surface area contributed by atoms with Crippen LogP contribution in [0.3, 0.4) is 0 Å². The molecule has 0 unspecified atom stereocenters. The summed E-state index contributed by atoms with van der Waals surface area (Å²) in [5, 5.41) is 0. The third-order valence-corrected chi connectivity index (χ3v) is 6.43. The van der Waals surface area contributed by atoms with Gasteiger partial charge in [0.1, 0.15) is 24.7 Å². The van der Waals surface area contributed by atoms with Crippen molar-refractivity contribution in [1.82, 2.24) is 4.90 Å². The van der Waals surface area contributed by atoms with Crippen LogP contribution in [0.4, 0.5) is 5.69 Å². The number of methoxy groups -OCH3 is 1. The molecule has 1 saturated heterocycles. The summed E-state index contributed by atoms with van der Waals surface area (Å²) >= 11 is 0. The second-order valence-corrected chi connectivity index (χ2v) is 8.94. The zero-order valence-electron chi connectivity index (χ0n) is 20.9. The summed E-state index contributed by atoms with van der Waals surface area (Å²) < 4.78 is 22.9. The number of amides is 2. The van der Waals surface area contributed by atoms with Gasteiger partial charge >= 0.3 is 0 Å². The molecule has 8 heteroatoms.